The van der Waals surface area contributed by atoms with E-state index in [0.29, 0.717) is 13.0 Å². The first kappa shape index (κ1) is 15.9. The highest BCUT2D eigenvalue weighted by atomic mass is 32.2. The van der Waals surface area contributed by atoms with Gasteiger partial charge in [-0.25, -0.2) is 13.1 Å². The van der Waals surface area contributed by atoms with Gasteiger partial charge in [-0.05, 0) is 31.0 Å². The lowest BCUT2D eigenvalue weighted by Crippen LogP contribution is -2.40. The minimum Gasteiger partial charge on any atom is -0.497 e. The Balaban J connectivity index is 2.56. The molecule has 5 nitrogen and oxygen atoms in total. The molecule has 1 aromatic rings. The summed E-state index contributed by atoms with van der Waals surface area (Å²) in [6, 6.07) is 7.47. The first-order chi connectivity index (χ1) is 8.86. The monoisotopic (exact) mass is 302 g/mol. The summed E-state index contributed by atoms with van der Waals surface area (Å²) in [5.74, 6) is 0.747. The minimum absolute atomic E-state index is 0.0334. The van der Waals surface area contributed by atoms with E-state index in [-0.39, 0.29) is 4.99 Å². The van der Waals surface area contributed by atoms with Crippen LogP contribution in [0.5, 0.6) is 5.75 Å². The van der Waals surface area contributed by atoms with Gasteiger partial charge in [0.2, 0.25) is 10.0 Å². The van der Waals surface area contributed by atoms with Crippen LogP contribution in [0.1, 0.15) is 12.5 Å². The van der Waals surface area contributed by atoms with Gasteiger partial charge in [-0.1, -0.05) is 24.4 Å². The van der Waals surface area contributed by atoms with E-state index < -0.39 is 15.3 Å². The van der Waals surface area contributed by atoms with Gasteiger partial charge in [0, 0.05) is 6.54 Å². The molecule has 0 aliphatic heterocycles. The highest BCUT2D eigenvalue weighted by Gasteiger charge is 2.22. The lowest BCUT2D eigenvalue weighted by Gasteiger charge is -2.12. The summed E-state index contributed by atoms with van der Waals surface area (Å²) >= 11 is 4.69. The molecule has 0 aliphatic rings. The molecule has 0 saturated carbocycles. The molecule has 0 bridgehead atoms. The number of nitrogens with one attached hydrogen (secondary N) is 1. The third kappa shape index (κ3) is 4.77. The fourth-order valence-corrected chi connectivity index (χ4v) is 2.77. The van der Waals surface area contributed by atoms with Gasteiger partial charge in [-0.3, -0.25) is 0 Å². The number of methoxy groups -OCH3 is 1. The van der Waals surface area contributed by atoms with Crippen molar-refractivity contribution in [3.63, 3.8) is 0 Å². The second-order valence-corrected chi connectivity index (χ2v) is 6.64. The molecule has 0 fully saturated rings. The number of ether oxygens (including phenoxy) is 1. The molecule has 0 radical (unpaired) electrons. The van der Waals surface area contributed by atoms with Gasteiger partial charge in [0.1, 0.15) is 11.0 Å². The van der Waals surface area contributed by atoms with Gasteiger partial charge < -0.3 is 10.5 Å². The largest absolute Gasteiger partial charge is 0.497 e. The first-order valence-corrected chi connectivity index (χ1v) is 7.73. The van der Waals surface area contributed by atoms with E-state index in [2.05, 4.69) is 16.9 Å². The van der Waals surface area contributed by atoms with Crippen molar-refractivity contribution in [2.45, 2.75) is 18.6 Å². The van der Waals surface area contributed by atoms with Crippen LogP contribution < -0.4 is 15.2 Å². The topological polar surface area (TPSA) is 81.4 Å². The molecule has 7 heteroatoms. The Hall–Kier alpha value is -1.18. The van der Waals surface area contributed by atoms with Crippen LogP contribution in [0.25, 0.3) is 0 Å². The second-order valence-electron chi connectivity index (χ2n) is 4.09. The van der Waals surface area contributed by atoms with E-state index in [0.717, 1.165) is 11.3 Å². The number of sulfonamides is 1. The predicted octanol–water partition coefficient (Wildman–Crippen LogP) is 0.832. The molecule has 0 amide bonds. The van der Waals surface area contributed by atoms with Gasteiger partial charge in [-0.2, -0.15) is 0 Å². The number of rotatable bonds is 7. The Bertz CT molecular complexity index is 544. The van der Waals surface area contributed by atoms with Crippen molar-refractivity contribution in [2.75, 3.05) is 13.7 Å². The van der Waals surface area contributed by atoms with E-state index in [1.165, 1.54) is 6.92 Å². The molecule has 1 aromatic carbocycles. The Morgan fingerprint density at radius 2 is 2.21 bits per heavy atom. The Morgan fingerprint density at radius 3 is 2.79 bits per heavy atom. The number of thiocarbonyl (C=S) groups is 1. The van der Waals surface area contributed by atoms with Crippen molar-refractivity contribution in [1.29, 1.82) is 0 Å². The highest BCUT2D eigenvalue weighted by Crippen LogP contribution is 2.12. The average molecular weight is 302 g/mol. The highest BCUT2D eigenvalue weighted by molar-refractivity contribution is 7.93. The molecular weight excluding hydrogens is 284 g/mol. The minimum atomic E-state index is -3.49. The van der Waals surface area contributed by atoms with Crippen molar-refractivity contribution >= 4 is 27.2 Å². The molecule has 3 N–H and O–H groups in total. The van der Waals surface area contributed by atoms with Gasteiger partial charge in [0.15, 0.2) is 0 Å². The normalized spacial score (nSPS) is 12.9. The third-order valence-corrected chi connectivity index (χ3v) is 5.01. The van der Waals surface area contributed by atoms with E-state index >= 15 is 0 Å². The van der Waals surface area contributed by atoms with Crippen molar-refractivity contribution in [2.24, 2.45) is 5.73 Å². The quantitative estimate of drug-likeness (QED) is 0.729. The van der Waals surface area contributed by atoms with Crippen molar-refractivity contribution in [3.8, 4) is 5.75 Å². The molecule has 1 unspecified atom stereocenters. The Morgan fingerprint density at radius 1 is 1.53 bits per heavy atom. The van der Waals surface area contributed by atoms with Crippen LogP contribution in [0.15, 0.2) is 24.3 Å². The van der Waals surface area contributed by atoms with Crippen LogP contribution in [0.3, 0.4) is 0 Å². The summed E-state index contributed by atoms with van der Waals surface area (Å²) in [4.78, 5) is -0.0334. The van der Waals surface area contributed by atoms with Crippen LogP contribution in [0.2, 0.25) is 0 Å². The van der Waals surface area contributed by atoms with Crippen LogP contribution in [-0.4, -0.2) is 32.3 Å². The van der Waals surface area contributed by atoms with Gasteiger partial charge in [0.25, 0.3) is 0 Å². The van der Waals surface area contributed by atoms with E-state index in [9.17, 15) is 8.42 Å². The fraction of sp³-hybridized carbons (Fsp3) is 0.417. The molecule has 0 heterocycles. The van der Waals surface area contributed by atoms with Crippen LogP contribution in [-0.2, 0) is 16.4 Å². The maximum Gasteiger partial charge on any atom is 0.220 e. The zero-order valence-corrected chi connectivity index (χ0v) is 12.6. The number of nitrogens with two attached hydrogens (primary N) is 1. The fourth-order valence-electron chi connectivity index (χ4n) is 1.44. The van der Waals surface area contributed by atoms with Gasteiger partial charge in [-0.15, -0.1) is 0 Å². The predicted molar refractivity (Wildman–Crippen MR) is 79.9 cm³/mol. The summed E-state index contributed by atoms with van der Waals surface area (Å²) in [7, 11) is -1.90. The van der Waals surface area contributed by atoms with Crippen molar-refractivity contribution in [1.82, 2.24) is 4.72 Å². The molecule has 1 atom stereocenters. The van der Waals surface area contributed by atoms with Gasteiger partial charge in [0.05, 0.1) is 12.1 Å². The van der Waals surface area contributed by atoms with Crippen molar-refractivity contribution < 1.29 is 13.2 Å². The lowest BCUT2D eigenvalue weighted by atomic mass is 10.1. The first-order valence-electron chi connectivity index (χ1n) is 5.77. The molecule has 19 heavy (non-hydrogen) atoms. The molecule has 0 aromatic heterocycles. The average Bonchev–Trinajstić information content (AvgIpc) is 2.37. The lowest BCUT2D eigenvalue weighted by molar-refractivity contribution is 0.414. The second kappa shape index (κ2) is 6.83. The Kier molecular flexibility index (Phi) is 5.71. The standard InChI is InChI=1S/C12H18N2O3S2/c1-9(12(13)18)19(15,16)14-7-6-10-4-3-5-11(8-10)17-2/h3-5,8-9,14H,6-7H2,1-2H3,(H2,13,18). The van der Waals surface area contributed by atoms with Crippen LogP contribution in [0, 0.1) is 0 Å². The van der Waals surface area contributed by atoms with Crippen molar-refractivity contribution in [3.05, 3.63) is 29.8 Å². The molecule has 0 aliphatic carbocycles. The zero-order valence-electron chi connectivity index (χ0n) is 10.9. The maximum absolute atomic E-state index is 11.8. The summed E-state index contributed by atoms with van der Waals surface area (Å²) in [5, 5.41) is -0.868. The van der Waals surface area contributed by atoms with E-state index in [4.69, 9.17) is 10.5 Å². The SMILES string of the molecule is COc1cccc(CCNS(=O)(=O)C(C)C(N)=S)c1. The van der Waals surface area contributed by atoms with Gasteiger partial charge >= 0.3 is 0 Å². The summed E-state index contributed by atoms with van der Waals surface area (Å²) in [6.45, 7) is 1.76. The van der Waals surface area contributed by atoms with E-state index in [1.54, 1.807) is 7.11 Å². The summed E-state index contributed by atoms with van der Waals surface area (Å²) < 4.78 is 31.2. The summed E-state index contributed by atoms with van der Waals surface area (Å²) in [5.41, 5.74) is 6.33. The molecule has 0 saturated heterocycles. The summed E-state index contributed by atoms with van der Waals surface area (Å²) in [6.07, 6.45) is 0.570. The Labute approximate surface area is 119 Å². The van der Waals surface area contributed by atoms with Crippen LogP contribution >= 0.6 is 12.2 Å². The van der Waals surface area contributed by atoms with Crippen LogP contribution in [0.4, 0.5) is 0 Å². The maximum atomic E-state index is 11.8. The third-order valence-electron chi connectivity index (χ3n) is 2.72. The number of hydrogen-bond acceptors (Lipinski definition) is 4. The number of benzene rings is 1. The smallest absolute Gasteiger partial charge is 0.220 e. The molecule has 0 spiro atoms. The number of hydrogen-bond donors (Lipinski definition) is 2. The van der Waals surface area contributed by atoms with E-state index in [1.807, 2.05) is 24.3 Å². The molecular formula is C12H18N2O3S2. The molecule has 1 rings (SSSR count). The zero-order chi connectivity index (χ0) is 14.5. The molecule has 106 valence electrons.